The van der Waals surface area contributed by atoms with E-state index in [0.717, 1.165) is 37.8 Å². The van der Waals surface area contributed by atoms with E-state index in [1.165, 1.54) is 0 Å². The first-order valence-electron chi connectivity index (χ1n) is 8.87. The lowest BCUT2D eigenvalue weighted by atomic mass is 9.82. The summed E-state index contributed by atoms with van der Waals surface area (Å²) < 4.78 is 11.4. The quantitative estimate of drug-likeness (QED) is 0.895. The highest BCUT2D eigenvalue weighted by atomic mass is 16.5. The molecule has 7 heteroatoms. The van der Waals surface area contributed by atoms with Crippen molar-refractivity contribution in [3.63, 3.8) is 0 Å². The number of carbonyl (C=O) groups excluding carboxylic acids is 1. The smallest absolute Gasteiger partial charge is 0.319 e. The number of hydrogen-bond acceptors (Lipinski definition) is 5. The zero-order chi connectivity index (χ0) is 17.4. The summed E-state index contributed by atoms with van der Waals surface area (Å²) in [5, 5.41) is 6.04. The van der Waals surface area contributed by atoms with Crippen LogP contribution >= 0.6 is 0 Å². The molecule has 1 saturated carbocycles. The van der Waals surface area contributed by atoms with E-state index < -0.39 is 0 Å². The molecule has 25 heavy (non-hydrogen) atoms. The number of oxazole rings is 1. The van der Waals surface area contributed by atoms with Gasteiger partial charge in [-0.15, -0.1) is 0 Å². The van der Waals surface area contributed by atoms with E-state index in [0.29, 0.717) is 29.3 Å². The maximum absolute atomic E-state index is 12.4. The number of urea groups is 1. The lowest BCUT2D eigenvalue weighted by Crippen LogP contribution is -2.47. The first-order valence-corrected chi connectivity index (χ1v) is 8.87. The summed E-state index contributed by atoms with van der Waals surface area (Å²) in [6.07, 6.45) is 4.58. The Hall–Kier alpha value is -2.28. The number of benzene rings is 1. The van der Waals surface area contributed by atoms with E-state index >= 15 is 0 Å². The Bertz CT molecular complexity index is 773. The van der Waals surface area contributed by atoms with Gasteiger partial charge in [0.25, 0.3) is 6.01 Å². The summed E-state index contributed by atoms with van der Waals surface area (Å²) in [6.45, 7) is 0.812. The Kier molecular flexibility index (Phi) is 4.25. The molecule has 0 spiro atoms. The third kappa shape index (κ3) is 3.28. The predicted molar refractivity (Wildman–Crippen MR) is 96.0 cm³/mol. The predicted octanol–water partition coefficient (Wildman–Crippen LogP) is 2.97. The van der Waals surface area contributed by atoms with Gasteiger partial charge < -0.3 is 24.7 Å². The Morgan fingerprint density at radius 3 is 3.00 bits per heavy atom. The lowest BCUT2D eigenvalue weighted by molar-refractivity contribution is 0.0553. The number of amides is 2. The van der Waals surface area contributed by atoms with Gasteiger partial charge in [-0.1, -0.05) is 0 Å². The lowest BCUT2D eigenvalue weighted by Gasteiger charge is -2.33. The Labute approximate surface area is 146 Å². The molecule has 3 atom stereocenters. The number of nitrogens with zero attached hydrogens (tertiary/aromatic N) is 2. The summed E-state index contributed by atoms with van der Waals surface area (Å²) in [5.74, 6) is 0.445. The van der Waals surface area contributed by atoms with Crippen molar-refractivity contribution in [2.24, 2.45) is 5.92 Å². The molecule has 0 unspecified atom stereocenters. The number of aromatic nitrogens is 1. The van der Waals surface area contributed by atoms with Crippen molar-refractivity contribution in [2.45, 2.75) is 37.8 Å². The summed E-state index contributed by atoms with van der Waals surface area (Å²) >= 11 is 0. The van der Waals surface area contributed by atoms with Gasteiger partial charge in [-0.2, -0.15) is 4.98 Å². The molecule has 2 N–H and O–H groups in total. The van der Waals surface area contributed by atoms with E-state index in [2.05, 4.69) is 15.6 Å². The fraction of sp³-hybridized carbons (Fsp3) is 0.556. The minimum absolute atomic E-state index is 0.173. The minimum atomic E-state index is -0.173. The number of ether oxygens (including phenoxy) is 1. The monoisotopic (exact) mass is 344 g/mol. The van der Waals surface area contributed by atoms with Crippen LogP contribution in [0.2, 0.25) is 0 Å². The number of carbonyl (C=O) groups is 1. The molecule has 2 amide bonds. The third-order valence-electron chi connectivity index (χ3n) is 5.11. The normalized spacial score (nSPS) is 25.6. The number of nitrogens with one attached hydrogen (secondary N) is 2. The standard InChI is InChI=1S/C18H24N4O3/c1-22(2)18-21-14-10-11(6-7-16(14)25-18)19-17(23)20-13-4-3-5-15-12(13)8-9-24-15/h6-7,10,12-13,15H,3-5,8-9H2,1-2H3,(H2,19,20,23)/t12-,13-,15+/m1/s1. The molecule has 134 valence electrons. The van der Waals surface area contributed by atoms with Crippen LogP contribution in [0.1, 0.15) is 25.7 Å². The Morgan fingerprint density at radius 2 is 2.16 bits per heavy atom. The van der Waals surface area contributed by atoms with Gasteiger partial charge >= 0.3 is 6.03 Å². The highest BCUT2D eigenvalue weighted by Crippen LogP contribution is 2.34. The van der Waals surface area contributed by atoms with Crippen LogP contribution in [-0.2, 0) is 4.74 Å². The molecule has 4 rings (SSSR count). The molecule has 7 nitrogen and oxygen atoms in total. The average Bonchev–Trinajstić information content (AvgIpc) is 3.21. The molecule has 2 aliphatic rings. The SMILES string of the molecule is CN(C)c1nc2cc(NC(=O)N[C@@H]3CCC[C@@H]4OCC[C@@H]43)ccc2o1. The van der Waals surface area contributed by atoms with E-state index in [1.807, 2.05) is 37.2 Å². The van der Waals surface area contributed by atoms with Crippen molar-refractivity contribution < 1.29 is 13.9 Å². The average molecular weight is 344 g/mol. The second-order valence-corrected chi connectivity index (χ2v) is 7.07. The van der Waals surface area contributed by atoms with Gasteiger partial charge in [0.1, 0.15) is 5.52 Å². The largest absolute Gasteiger partial charge is 0.423 e. The molecule has 1 aromatic carbocycles. The third-order valence-corrected chi connectivity index (χ3v) is 5.11. The summed E-state index contributed by atoms with van der Waals surface area (Å²) in [7, 11) is 3.75. The number of hydrogen-bond donors (Lipinski definition) is 2. The Morgan fingerprint density at radius 1 is 1.28 bits per heavy atom. The van der Waals surface area contributed by atoms with Crippen molar-refractivity contribution in [2.75, 3.05) is 30.9 Å². The van der Waals surface area contributed by atoms with E-state index in [-0.39, 0.29) is 12.1 Å². The zero-order valence-electron chi connectivity index (χ0n) is 14.6. The second-order valence-electron chi connectivity index (χ2n) is 7.07. The van der Waals surface area contributed by atoms with Gasteiger partial charge in [-0.05, 0) is 43.9 Å². The van der Waals surface area contributed by atoms with Crippen LogP contribution < -0.4 is 15.5 Å². The van der Waals surface area contributed by atoms with Gasteiger partial charge in [-0.3, -0.25) is 0 Å². The minimum Gasteiger partial charge on any atom is -0.423 e. The molecule has 0 radical (unpaired) electrons. The van der Waals surface area contributed by atoms with Crippen LogP contribution in [0.5, 0.6) is 0 Å². The number of fused-ring (bicyclic) bond motifs is 2. The van der Waals surface area contributed by atoms with Gasteiger partial charge in [0, 0.05) is 38.3 Å². The van der Waals surface area contributed by atoms with Crippen LogP contribution in [0.4, 0.5) is 16.5 Å². The molecule has 2 heterocycles. The first kappa shape index (κ1) is 16.2. The van der Waals surface area contributed by atoms with E-state index in [1.54, 1.807) is 0 Å². The van der Waals surface area contributed by atoms with Crippen LogP contribution in [0, 0.1) is 5.92 Å². The van der Waals surface area contributed by atoms with Crippen LogP contribution in [0.15, 0.2) is 22.6 Å². The van der Waals surface area contributed by atoms with Crippen LogP contribution in [0.25, 0.3) is 11.1 Å². The van der Waals surface area contributed by atoms with Crippen LogP contribution in [0.3, 0.4) is 0 Å². The maximum Gasteiger partial charge on any atom is 0.319 e. The molecular weight excluding hydrogens is 320 g/mol. The maximum atomic E-state index is 12.4. The van der Waals surface area contributed by atoms with Crippen molar-refractivity contribution in [3.8, 4) is 0 Å². The highest BCUT2D eigenvalue weighted by Gasteiger charge is 2.38. The van der Waals surface area contributed by atoms with Gasteiger partial charge in [0.05, 0.1) is 6.10 Å². The summed E-state index contributed by atoms with van der Waals surface area (Å²) in [4.78, 5) is 18.6. The molecule has 2 fully saturated rings. The number of rotatable bonds is 3. The van der Waals surface area contributed by atoms with Gasteiger partial charge in [0.2, 0.25) is 0 Å². The molecule has 2 aromatic rings. The molecule has 1 saturated heterocycles. The topological polar surface area (TPSA) is 79.6 Å². The first-order chi connectivity index (χ1) is 12.1. The zero-order valence-corrected chi connectivity index (χ0v) is 14.6. The van der Waals surface area contributed by atoms with Crippen molar-refractivity contribution in [1.82, 2.24) is 10.3 Å². The highest BCUT2D eigenvalue weighted by molar-refractivity contribution is 5.92. The summed E-state index contributed by atoms with van der Waals surface area (Å²) in [6, 6.07) is 6.05. The molecule has 0 bridgehead atoms. The van der Waals surface area contributed by atoms with Crippen molar-refractivity contribution >= 4 is 28.8 Å². The van der Waals surface area contributed by atoms with Crippen LogP contribution in [-0.4, -0.2) is 43.9 Å². The molecule has 1 aliphatic carbocycles. The fourth-order valence-corrected chi connectivity index (χ4v) is 3.87. The van der Waals surface area contributed by atoms with E-state index in [4.69, 9.17) is 9.15 Å². The van der Waals surface area contributed by atoms with E-state index in [9.17, 15) is 4.79 Å². The van der Waals surface area contributed by atoms with Gasteiger partial charge in [0.15, 0.2) is 5.58 Å². The second kappa shape index (κ2) is 6.55. The molecular formula is C18H24N4O3. The van der Waals surface area contributed by atoms with Crippen molar-refractivity contribution in [3.05, 3.63) is 18.2 Å². The van der Waals surface area contributed by atoms with Crippen molar-refractivity contribution in [1.29, 1.82) is 0 Å². The number of anilines is 2. The fourth-order valence-electron chi connectivity index (χ4n) is 3.87. The molecule has 1 aliphatic heterocycles. The molecule has 1 aromatic heterocycles. The van der Waals surface area contributed by atoms with Gasteiger partial charge in [-0.25, -0.2) is 4.79 Å². The Balaban J connectivity index is 1.42. The summed E-state index contributed by atoms with van der Waals surface area (Å²) in [5.41, 5.74) is 2.13.